The van der Waals surface area contributed by atoms with Crippen LogP contribution in [0, 0.1) is 0 Å². The molecule has 2 aliphatic rings. The van der Waals surface area contributed by atoms with Crippen molar-refractivity contribution in [3.05, 3.63) is 0 Å². The highest BCUT2D eigenvalue weighted by Gasteiger charge is 3.11. The average Bonchev–Trinajstić information content (AvgIpc) is 2.48. The van der Waals surface area contributed by atoms with Gasteiger partial charge in [-0.25, -0.2) is 4.39 Å². The summed E-state index contributed by atoms with van der Waals surface area (Å²) >= 11 is 0. The summed E-state index contributed by atoms with van der Waals surface area (Å²) in [5.41, 5.74) is -20.5. The number of rotatable bonds is 1. The summed E-state index contributed by atoms with van der Waals surface area (Å²) in [7, 11) is 0. The summed E-state index contributed by atoms with van der Waals surface area (Å²) in [4.78, 5) is 0. The summed E-state index contributed by atoms with van der Waals surface area (Å²) in [5, 5.41) is 35.8. The minimum atomic E-state index is -7.41. The largest absolute Gasteiger partial charge is 0.376 e. The predicted molar refractivity (Wildman–Crippen MR) is 51.6 cm³/mol. The molecule has 2 atom stereocenters. The molecule has 0 heterocycles. The monoisotopic (exact) mass is 418 g/mol. The van der Waals surface area contributed by atoms with E-state index in [1.165, 1.54) is 0 Å². The molecule has 154 valence electrons. The first-order valence-corrected chi connectivity index (χ1v) is 6.09. The zero-order chi connectivity index (χ0) is 21.2. The van der Waals surface area contributed by atoms with Crippen LogP contribution < -0.4 is 0 Å². The molecule has 0 radical (unpaired) electrons. The van der Waals surface area contributed by atoms with Crippen molar-refractivity contribution in [3.63, 3.8) is 0 Å². The van der Waals surface area contributed by atoms with E-state index in [2.05, 4.69) is 0 Å². The normalized spacial score (nSPS) is 50.3. The number of aliphatic hydroxyl groups is 4. The first-order valence-electron chi connectivity index (χ1n) is 6.09. The molecule has 0 spiro atoms. The van der Waals surface area contributed by atoms with Crippen LogP contribution in [0.4, 0.5) is 52.7 Å². The van der Waals surface area contributed by atoms with Crippen molar-refractivity contribution in [2.45, 2.75) is 52.3 Å². The first kappa shape index (κ1) is 21.3. The summed E-state index contributed by atoms with van der Waals surface area (Å²) in [6.45, 7) is -3.73. The number of fused-ring (bicyclic) bond motifs is 2. The Morgan fingerprint density at radius 2 is 0.731 bits per heavy atom. The summed E-state index contributed by atoms with van der Waals surface area (Å²) in [6, 6.07) is 0. The SMILES string of the molecule is OC1(F)C(F)(F)C2(O)C(F)(F)C(O)(CF)C(F)(F)C(O)(C1(F)F)C2(F)F. The maximum absolute atomic E-state index is 14.0. The molecule has 0 aromatic carbocycles. The highest BCUT2D eigenvalue weighted by atomic mass is 19.3. The van der Waals surface area contributed by atoms with E-state index in [1.807, 2.05) is 0 Å². The maximum atomic E-state index is 14.0. The molecule has 0 saturated heterocycles. The van der Waals surface area contributed by atoms with E-state index in [0.717, 1.165) is 0 Å². The van der Waals surface area contributed by atoms with Crippen molar-refractivity contribution in [2.75, 3.05) is 6.67 Å². The Kier molecular flexibility index (Phi) is 3.57. The number of halogens is 12. The smallest absolute Gasteiger partial charge is 0.352 e. The van der Waals surface area contributed by atoms with Gasteiger partial charge in [0.1, 0.15) is 6.67 Å². The van der Waals surface area contributed by atoms with Crippen LogP contribution in [-0.2, 0) is 0 Å². The Morgan fingerprint density at radius 1 is 0.462 bits per heavy atom. The van der Waals surface area contributed by atoms with Crippen molar-refractivity contribution in [2.24, 2.45) is 0 Å². The lowest BCUT2D eigenvalue weighted by molar-refractivity contribution is -0.585. The second-order valence-corrected chi connectivity index (χ2v) is 5.91. The van der Waals surface area contributed by atoms with Crippen LogP contribution >= 0.6 is 0 Å². The number of hydrogen-bond acceptors (Lipinski definition) is 4. The molecule has 16 heteroatoms. The lowest BCUT2D eigenvalue weighted by Crippen LogP contribution is -3.02. The topological polar surface area (TPSA) is 80.9 Å². The van der Waals surface area contributed by atoms with Gasteiger partial charge in [0.15, 0.2) is 0 Å². The van der Waals surface area contributed by atoms with Gasteiger partial charge in [-0.1, -0.05) is 0 Å². The molecule has 2 fully saturated rings. The molecule has 0 amide bonds. The molecule has 4 N–H and O–H groups in total. The third-order valence-electron chi connectivity index (χ3n) is 4.79. The molecule has 0 aliphatic heterocycles. The second kappa shape index (κ2) is 4.35. The van der Waals surface area contributed by atoms with Gasteiger partial charge < -0.3 is 20.4 Å². The van der Waals surface area contributed by atoms with Gasteiger partial charge in [0, 0.05) is 0 Å². The van der Waals surface area contributed by atoms with E-state index in [-0.39, 0.29) is 0 Å². The van der Waals surface area contributed by atoms with Crippen LogP contribution in [0.1, 0.15) is 0 Å². The standard InChI is InChI=1S/C10H6F12O4/c11-1-2(23)5(12,13)3(24)7(16,17)4(25,6(2,14)15)9(20,21)10(22,26)8(3,18)19/h23-26H,1H2. The molecule has 4 nitrogen and oxygen atoms in total. The van der Waals surface area contributed by atoms with Gasteiger partial charge in [0.2, 0.25) is 5.60 Å². The van der Waals surface area contributed by atoms with E-state index in [0.29, 0.717) is 0 Å². The maximum Gasteiger partial charge on any atom is 0.352 e. The summed E-state index contributed by atoms with van der Waals surface area (Å²) < 4.78 is 165. The van der Waals surface area contributed by atoms with Crippen LogP contribution in [0.5, 0.6) is 0 Å². The first-order chi connectivity index (χ1) is 11.1. The molecule has 26 heavy (non-hydrogen) atoms. The van der Waals surface area contributed by atoms with Crippen molar-refractivity contribution in [1.29, 1.82) is 0 Å². The van der Waals surface area contributed by atoms with Crippen molar-refractivity contribution in [3.8, 4) is 0 Å². The van der Waals surface area contributed by atoms with Gasteiger partial charge in [-0.2, -0.15) is 48.3 Å². The van der Waals surface area contributed by atoms with E-state index >= 15 is 0 Å². The fraction of sp³-hybridized carbons (Fsp3) is 1.00. The van der Waals surface area contributed by atoms with Crippen molar-refractivity contribution in [1.82, 2.24) is 0 Å². The van der Waals surface area contributed by atoms with Crippen molar-refractivity contribution < 1.29 is 73.1 Å². The second-order valence-electron chi connectivity index (χ2n) is 5.91. The van der Waals surface area contributed by atoms with Gasteiger partial charge >= 0.3 is 35.5 Å². The summed E-state index contributed by atoms with van der Waals surface area (Å²) in [6.07, 6.45) is 0. The molecule has 2 saturated carbocycles. The molecular weight excluding hydrogens is 412 g/mol. The van der Waals surface area contributed by atoms with Crippen LogP contribution in [0.2, 0.25) is 0 Å². The van der Waals surface area contributed by atoms with Crippen LogP contribution in [0.25, 0.3) is 0 Å². The third-order valence-corrected chi connectivity index (χ3v) is 4.79. The van der Waals surface area contributed by atoms with Gasteiger partial charge in [0.25, 0.3) is 11.2 Å². The predicted octanol–water partition coefficient (Wildman–Crippen LogP) is 1.01. The van der Waals surface area contributed by atoms with E-state index < -0.39 is 58.9 Å². The van der Waals surface area contributed by atoms with Crippen LogP contribution in [-0.4, -0.2) is 79.4 Å². The molecule has 2 bridgehead atoms. The minimum absolute atomic E-state index is 3.73. The quantitative estimate of drug-likeness (QED) is 0.480. The van der Waals surface area contributed by atoms with Gasteiger partial charge in [0.05, 0.1) is 0 Å². The van der Waals surface area contributed by atoms with Crippen LogP contribution in [0.15, 0.2) is 0 Å². The van der Waals surface area contributed by atoms with Gasteiger partial charge in [-0.05, 0) is 0 Å². The molecule has 0 aromatic rings. The highest BCUT2D eigenvalue weighted by Crippen LogP contribution is 2.77. The van der Waals surface area contributed by atoms with E-state index in [1.54, 1.807) is 0 Å². The summed E-state index contributed by atoms with van der Waals surface area (Å²) in [5.74, 6) is -43.7. The number of alkyl halides is 12. The Hall–Kier alpha value is -1.00. The van der Waals surface area contributed by atoms with Crippen LogP contribution in [0.3, 0.4) is 0 Å². The van der Waals surface area contributed by atoms with Crippen molar-refractivity contribution >= 4 is 0 Å². The lowest BCUT2D eigenvalue weighted by Gasteiger charge is -2.67. The van der Waals surface area contributed by atoms with Gasteiger partial charge in [-0.15, -0.1) is 0 Å². The van der Waals surface area contributed by atoms with E-state index in [9.17, 15) is 52.7 Å². The Morgan fingerprint density at radius 3 is 0.962 bits per heavy atom. The zero-order valence-electron chi connectivity index (χ0n) is 11.5. The van der Waals surface area contributed by atoms with E-state index in [4.69, 9.17) is 20.4 Å². The Balaban J connectivity index is 3.20. The molecule has 2 aliphatic carbocycles. The fourth-order valence-electron chi connectivity index (χ4n) is 3.08. The molecule has 2 unspecified atom stereocenters. The molecule has 0 aromatic heterocycles. The fourth-order valence-corrected chi connectivity index (χ4v) is 3.08. The molecule has 2 rings (SSSR count). The molecular formula is C10H6F12O4. The minimum Gasteiger partial charge on any atom is -0.376 e. The third kappa shape index (κ3) is 1.32. The zero-order valence-corrected chi connectivity index (χ0v) is 11.5. The lowest BCUT2D eigenvalue weighted by atomic mass is 9.50. The highest BCUT2D eigenvalue weighted by molar-refractivity contribution is 5.43. The van der Waals surface area contributed by atoms with Gasteiger partial charge in [-0.3, -0.25) is 0 Å². The average molecular weight is 418 g/mol. The Labute approximate surface area is 133 Å². The Bertz CT molecular complexity index is 602. The number of hydrogen-bond donors (Lipinski definition) is 4.